The van der Waals surface area contributed by atoms with Gasteiger partial charge in [-0.05, 0) is 36.3 Å². The van der Waals surface area contributed by atoms with Crippen LogP contribution in [0.15, 0.2) is 18.2 Å². The topological polar surface area (TPSA) is 49.3 Å². The number of benzene rings is 1. The minimum atomic E-state index is -1.33. The van der Waals surface area contributed by atoms with Crippen molar-refractivity contribution < 1.29 is 9.90 Å². The SMILES string of the molecule is CCCC[C@](C)(O)C(=O)Nc1c(C(C)C)cccc1C(C)C. The molecule has 3 heteroatoms. The summed E-state index contributed by atoms with van der Waals surface area (Å²) in [5.74, 6) is 0.320. The molecular formula is C19H31NO2. The highest BCUT2D eigenvalue weighted by Crippen LogP contribution is 2.33. The van der Waals surface area contributed by atoms with Gasteiger partial charge < -0.3 is 10.4 Å². The number of hydrogen-bond acceptors (Lipinski definition) is 2. The van der Waals surface area contributed by atoms with Gasteiger partial charge in [-0.15, -0.1) is 0 Å². The quantitative estimate of drug-likeness (QED) is 0.759. The Labute approximate surface area is 135 Å². The smallest absolute Gasteiger partial charge is 0.256 e. The first-order valence-corrected chi connectivity index (χ1v) is 8.37. The maximum Gasteiger partial charge on any atom is 0.256 e. The second-order valence-electron chi connectivity index (χ2n) is 6.95. The number of carbonyl (C=O) groups excluding carboxylic acids is 1. The van der Waals surface area contributed by atoms with Crippen molar-refractivity contribution in [3.05, 3.63) is 29.3 Å². The summed E-state index contributed by atoms with van der Waals surface area (Å²) in [6.07, 6.45) is 2.28. The Balaban J connectivity index is 3.12. The first-order valence-electron chi connectivity index (χ1n) is 8.37. The summed E-state index contributed by atoms with van der Waals surface area (Å²) in [5.41, 5.74) is 1.78. The Hall–Kier alpha value is -1.35. The highest BCUT2D eigenvalue weighted by Gasteiger charge is 2.30. The third-order valence-corrected chi connectivity index (χ3v) is 4.12. The standard InChI is InChI=1S/C19H31NO2/c1-7-8-12-19(6,22)18(21)20-17-15(13(2)3)10-9-11-16(17)14(4)5/h9-11,13-14,22H,7-8,12H2,1-6H3,(H,20,21)/t19-/m0/s1. The summed E-state index contributed by atoms with van der Waals surface area (Å²) in [5, 5.41) is 13.4. The van der Waals surface area contributed by atoms with Crippen LogP contribution in [0.5, 0.6) is 0 Å². The third-order valence-electron chi connectivity index (χ3n) is 4.12. The van der Waals surface area contributed by atoms with E-state index in [-0.39, 0.29) is 5.91 Å². The zero-order chi connectivity index (χ0) is 16.9. The zero-order valence-electron chi connectivity index (χ0n) is 14.9. The van der Waals surface area contributed by atoms with Crippen LogP contribution in [0.25, 0.3) is 0 Å². The van der Waals surface area contributed by atoms with E-state index in [2.05, 4.69) is 39.9 Å². The van der Waals surface area contributed by atoms with E-state index >= 15 is 0 Å². The Bertz CT molecular complexity index is 478. The predicted molar refractivity (Wildman–Crippen MR) is 93.4 cm³/mol. The molecule has 0 saturated carbocycles. The van der Waals surface area contributed by atoms with Gasteiger partial charge in [0.2, 0.25) is 0 Å². The van der Waals surface area contributed by atoms with E-state index in [4.69, 9.17) is 0 Å². The molecule has 0 aliphatic rings. The number of carbonyl (C=O) groups is 1. The summed E-state index contributed by atoms with van der Waals surface area (Å²) < 4.78 is 0. The number of rotatable bonds is 7. The van der Waals surface area contributed by atoms with Gasteiger partial charge in [-0.1, -0.05) is 65.7 Å². The molecule has 0 heterocycles. The molecule has 2 N–H and O–H groups in total. The fraction of sp³-hybridized carbons (Fsp3) is 0.632. The molecule has 0 radical (unpaired) electrons. The molecule has 0 aromatic heterocycles. The lowest BCUT2D eigenvalue weighted by molar-refractivity contribution is -0.133. The van der Waals surface area contributed by atoms with Gasteiger partial charge in [0.1, 0.15) is 5.60 Å². The maximum atomic E-state index is 12.5. The largest absolute Gasteiger partial charge is 0.380 e. The van der Waals surface area contributed by atoms with Gasteiger partial charge in [0.05, 0.1) is 0 Å². The van der Waals surface area contributed by atoms with Crippen LogP contribution in [-0.4, -0.2) is 16.6 Å². The van der Waals surface area contributed by atoms with E-state index in [0.29, 0.717) is 18.3 Å². The Morgan fingerprint density at radius 1 is 1.18 bits per heavy atom. The van der Waals surface area contributed by atoms with Crippen LogP contribution in [0.3, 0.4) is 0 Å². The number of unbranched alkanes of at least 4 members (excludes halogenated alkanes) is 1. The monoisotopic (exact) mass is 305 g/mol. The van der Waals surface area contributed by atoms with Crippen molar-refractivity contribution in [2.75, 3.05) is 5.32 Å². The maximum absolute atomic E-state index is 12.5. The highest BCUT2D eigenvalue weighted by atomic mass is 16.3. The van der Waals surface area contributed by atoms with E-state index < -0.39 is 5.60 Å². The van der Waals surface area contributed by atoms with Crippen molar-refractivity contribution in [2.45, 2.75) is 78.2 Å². The molecule has 0 spiro atoms. The average molecular weight is 305 g/mol. The molecule has 124 valence electrons. The van der Waals surface area contributed by atoms with Crippen LogP contribution in [0.4, 0.5) is 5.69 Å². The fourth-order valence-electron chi connectivity index (χ4n) is 2.58. The van der Waals surface area contributed by atoms with Crippen LogP contribution < -0.4 is 5.32 Å². The van der Waals surface area contributed by atoms with Crippen molar-refractivity contribution in [1.29, 1.82) is 0 Å². The second kappa shape index (κ2) is 7.77. The molecule has 0 aliphatic heterocycles. The van der Waals surface area contributed by atoms with Gasteiger partial charge >= 0.3 is 0 Å². The van der Waals surface area contributed by atoms with Crippen LogP contribution in [0.1, 0.15) is 83.8 Å². The third kappa shape index (κ3) is 4.57. The van der Waals surface area contributed by atoms with Gasteiger partial charge in [0, 0.05) is 5.69 Å². The van der Waals surface area contributed by atoms with Gasteiger partial charge in [0.15, 0.2) is 0 Å². The van der Waals surface area contributed by atoms with Gasteiger partial charge in [-0.25, -0.2) is 0 Å². The first-order chi connectivity index (χ1) is 10.2. The van der Waals surface area contributed by atoms with Gasteiger partial charge in [-0.3, -0.25) is 4.79 Å². The Morgan fingerprint density at radius 3 is 2.09 bits per heavy atom. The van der Waals surface area contributed by atoms with E-state index in [1.54, 1.807) is 6.92 Å². The molecule has 1 atom stereocenters. The number of nitrogens with one attached hydrogen (secondary N) is 1. The first kappa shape index (κ1) is 18.7. The lowest BCUT2D eigenvalue weighted by Crippen LogP contribution is -2.40. The highest BCUT2D eigenvalue weighted by molar-refractivity contribution is 5.98. The van der Waals surface area contributed by atoms with Crippen LogP contribution >= 0.6 is 0 Å². The van der Waals surface area contributed by atoms with Crippen LogP contribution in [-0.2, 0) is 4.79 Å². The summed E-state index contributed by atoms with van der Waals surface area (Å²) >= 11 is 0. The lowest BCUT2D eigenvalue weighted by Gasteiger charge is -2.26. The summed E-state index contributed by atoms with van der Waals surface area (Å²) in [7, 11) is 0. The minimum Gasteiger partial charge on any atom is -0.380 e. The molecule has 1 rings (SSSR count). The normalized spacial score (nSPS) is 14.2. The molecule has 22 heavy (non-hydrogen) atoms. The summed E-state index contributed by atoms with van der Waals surface area (Å²) in [4.78, 5) is 12.5. The molecule has 0 fully saturated rings. The van der Waals surface area contributed by atoms with Crippen molar-refractivity contribution >= 4 is 11.6 Å². The van der Waals surface area contributed by atoms with E-state index in [1.165, 1.54) is 0 Å². The molecule has 1 aromatic rings. The molecule has 1 amide bonds. The lowest BCUT2D eigenvalue weighted by atomic mass is 9.91. The zero-order valence-corrected chi connectivity index (χ0v) is 14.9. The van der Waals surface area contributed by atoms with Crippen LogP contribution in [0, 0.1) is 0 Å². The number of aliphatic hydroxyl groups is 1. The number of amides is 1. The number of anilines is 1. The predicted octanol–water partition coefficient (Wildman–Crippen LogP) is 4.81. The fourth-order valence-corrected chi connectivity index (χ4v) is 2.58. The molecule has 3 nitrogen and oxygen atoms in total. The van der Waals surface area contributed by atoms with Gasteiger partial charge in [0.25, 0.3) is 5.91 Å². The molecule has 1 aromatic carbocycles. The molecule has 0 unspecified atom stereocenters. The molecule has 0 bridgehead atoms. The summed E-state index contributed by atoms with van der Waals surface area (Å²) in [6.45, 7) is 12.1. The van der Waals surface area contributed by atoms with E-state index in [9.17, 15) is 9.90 Å². The van der Waals surface area contributed by atoms with Crippen molar-refractivity contribution in [3.8, 4) is 0 Å². The minimum absolute atomic E-state index is 0.309. The second-order valence-corrected chi connectivity index (χ2v) is 6.95. The molecule has 0 saturated heterocycles. The van der Waals surface area contributed by atoms with Crippen molar-refractivity contribution in [1.82, 2.24) is 0 Å². The van der Waals surface area contributed by atoms with E-state index in [0.717, 1.165) is 29.7 Å². The van der Waals surface area contributed by atoms with E-state index in [1.807, 2.05) is 18.2 Å². The van der Waals surface area contributed by atoms with Crippen LogP contribution in [0.2, 0.25) is 0 Å². The van der Waals surface area contributed by atoms with Crippen molar-refractivity contribution in [2.24, 2.45) is 0 Å². The molecule has 0 aliphatic carbocycles. The number of para-hydroxylation sites is 1. The Morgan fingerprint density at radius 2 is 1.68 bits per heavy atom. The van der Waals surface area contributed by atoms with Gasteiger partial charge in [-0.2, -0.15) is 0 Å². The van der Waals surface area contributed by atoms with Crippen molar-refractivity contribution in [3.63, 3.8) is 0 Å². The molecular weight excluding hydrogens is 274 g/mol. The summed E-state index contributed by atoms with van der Waals surface area (Å²) in [6, 6.07) is 6.13. The number of hydrogen-bond donors (Lipinski definition) is 2. The average Bonchev–Trinajstić information content (AvgIpc) is 2.44. The Kier molecular flexibility index (Phi) is 6.61.